The topological polar surface area (TPSA) is 115 Å². The Morgan fingerprint density at radius 1 is 1.20 bits per heavy atom. The molecule has 222 valence electrons. The van der Waals surface area contributed by atoms with Gasteiger partial charge in [-0.2, -0.15) is 15.2 Å². The van der Waals surface area contributed by atoms with E-state index in [9.17, 15) is 4.39 Å². The molecule has 0 saturated carbocycles. The van der Waals surface area contributed by atoms with Crippen LogP contribution in [0.3, 0.4) is 0 Å². The first-order valence-electron chi connectivity index (χ1n) is 11.9. The number of anilines is 2. The first-order valence-corrected chi connectivity index (χ1v) is 30.8. The average molecular weight is 1140 g/mol. The fourth-order valence-corrected chi connectivity index (χ4v) is 3.96. The van der Waals surface area contributed by atoms with Gasteiger partial charge in [-0.05, 0) is 51.5 Å². The number of aromatic nitrogens is 6. The molecule has 0 atom stereocenters. The number of hydrogen-bond acceptors (Lipinski definition) is 7. The number of H-pyrrole nitrogens is 1. The van der Waals surface area contributed by atoms with Crippen LogP contribution in [-0.4, -0.2) is 43.2 Å². The van der Waals surface area contributed by atoms with Crippen molar-refractivity contribution in [1.29, 1.82) is 0 Å². The third-order valence-corrected chi connectivity index (χ3v) is 5.70. The second kappa shape index (κ2) is 20.9. The Kier molecular flexibility index (Phi) is 19.9. The van der Waals surface area contributed by atoms with Crippen molar-refractivity contribution < 1.29 is 22.2 Å². The van der Waals surface area contributed by atoms with Gasteiger partial charge in [0.2, 0.25) is 5.82 Å². The van der Waals surface area contributed by atoms with E-state index in [-0.39, 0.29) is 18.2 Å². The van der Waals surface area contributed by atoms with Crippen molar-refractivity contribution in [3.05, 3.63) is 35.7 Å². The Morgan fingerprint density at radius 3 is 2.50 bits per heavy atom. The second-order valence-corrected chi connectivity index (χ2v) is 24.5. The maximum absolute atomic E-state index is 14.0. The summed E-state index contributed by atoms with van der Waals surface area (Å²) in [7, 11) is 0. The maximum atomic E-state index is 14.0. The Labute approximate surface area is 293 Å². The molecule has 0 aliphatic carbocycles. The van der Waals surface area contributed by atoms with Crippen LogP contribution in [0.1, 0.15) is 51.0 Å². The van der Waals surface area contributed by atoms with Gasteiger partial charge < -0.3 is 15.2 Å². The molecule has 1 saturated heterocycles. The van der Waals surface area contributed by atoms with Crippen molar-refractivity contribution in [2.75, 3.05) is 23.7 Å². The number of aryl methyl sites for hydroxylation is 2. The van der Waals surface area contributed by atoms with Crippen LogP contribution in [0.4, 0.5) is 15.9 Å². The second-order valence-electron chi connectivity index (χ2n) is 8.22. The van der Waals surface area contributed by atoms with E-state index in [1.807, 2.05) is 13.0 Å². The molecule has 40 heavy (non-hydrogen) atoms. The third kappa shape index (κ3) is 11.0. The quantitative estimate of drug-likeness (QED) is 0.212. The van der Waals surface area contributed by atoms with Crippen LogP contribution in [0.2, 0.25) is 0 Å². The first-order chi connectivity index (χ1) is 18.9. The third-order valence-electron chi connectivity index (χ3n) is 5.70. The van der Waals surface area contributed by atoms with Crippen LogP contribution in [-0.2, 0) is 6.54 Å². The zero-order valence-electron chi connectivity index (χ0n) is 22.0. The van der Waals surface area contributed by atoms with Crippen LogP contribution in [0, 0.1) is 24.6 Å². The summed E-state index contributed by atoms with van der Waals surface area (Å²) in [6, 6.07) is 3.31. The van der Waals surface area contributed by atoms with E-state index in [0.717, 1.165) is 55.5 Å². The summed E-state index contributed by atoms with van der Waals surface area (Å²) in [5, 5.41) is 15.8. The molecule has 0 radical (unpaired) electrons. The van der Waals surface area contributed by atoms with Gasteiger partial charge in [-0.1, -0.05) is 18.0 Å². The van der Waals surface area contributed by atoms with Gasteiger partial charge in [0.25, 0.3) is 0 Å². The molecular weight excluding hydrogens is 1110 g/mol. The summed E-state index contributed by atoms with van der Waals surface area (Å²) in [5.74, 6) is 6.99. The Morgan fingerprint density at radius 2 is 1.88 bits per heavy atom. The number of fused-ring (bicyclic) bond motifs is 1. The Bertz CT molecular complexity index is 1360. The molecule has 9 nitrogen and oxygen atoms in total. The number of hydrogen-bond donors (Lipinski definition) is 2. The zero-order chi connectivity index (χ0) is 28.8. The van der Waals surface area contributed by atoms with Gasteiger partial charge in [0, 0.05) is 68.3 Å². The fourth-order valence-electron chi connectivity index (χ4n) is 3.96. The van der Waals surface area contributed by atoms with E-state index in [1.54, 1.807) is 17.8 Å². The molecule has 3 N–H and O–H groups in total. The normalized spacial score (nSPS) is 12.1. The molecular formula is C24H30ClFI5N8O-. The standard InChI is InChI=1S/C13H15FN2O.C11H14N6.ClH.I3.I2/c1-9-10-7-12(16-5-3-2-4-6-16)11(14)8-13(10)17-15-9;1-3-5-9-14-11(16-15-9)8-7-13-17(6-4-2)10(8)12;;1-3-2;1-2/h7-8H,2-6H2,1H3;7H,4,6,12H2,1-2H3,(H,14,15,16);1H;;/q;;;-1;. The molecule has 4 heterocycles. The molecule has 0 amide bonds. The summed E-state index contributed by atoms with van der Waals surface area (Å²) >= 11 is 9.54. The summed E-state index contributed by atoms with van der Waals surface area (Å²) in [5.41, 5.74) is 8.74. The van der Waals surface area contributed by atoms with Crippen molar-refractivity contribution in [3.63, 3.8) is 0 Å². The molecule has 1 aromatic carbocycles. The molecule has 1 aliphatic rings. The van der Waals surface area contributed by atoms with Gasteiger partial charge in [0.05, 0.1) is 23.1 Å². The average Bonchev–Trinajstić information content (AvgIpc) is 3.66. The van der Waals surface area contributed by atoms with Gasteiger partial charge in [0.1, 0.15) is 11.6 Å². The molecule has 3 aromatic heterocycles. The zero-order valence-corrected chi connectivity index (χ0v) is 33.6. The number of piperidine rings is 1. The van der Waals surface area contributed by atoms with E-state index < -0.39 is 0 Å². The minimum atomic E-state index is -0.212. The van der Waals surface area contributed by atoms with E-state index in [4.69, 9.17) is 10.3 Å². The summed E-state index contributed by atoms with van der Waals surface area (Å²) < 4.78 is 20.8. The van der Waals surface area contributed by atoms with E-state index >= 15 is 0 Å². The monoisotopic (exact) mass is 1130 g/mol. The van der Waals surface area contributed by atoms with E-state index in [0.29, 0.717) is 42.0 Å². The molecule has 1 aliphatic heterocycles. The summed E-state index contributed by atoms with van der Waals surface area (Å²) in [6.45, 7) is 8.36. The van der Waals surface area contributed by atoms with Crippen LogP contribution in [0.5, 0.6) is 0 Å². The molecule has 0 unspecified atom stereocenters. The minimum absolute atomic E-state index is 0. The fraction of sp³-hybridized carbons (Fsp3) is 0.417. The molecule has 5 rings (SSSR count). The Balaban J connectivity index is 0.000000338. The Hall–Kier alpha value is 0.0700. The predicted octanol–water partition coefficient (Wildman–Crippen LogP) is 5.27. The van der Waals surface area contributed by atoms with Crippen molar-refractivity contribution in [3.8, 4) is 23.2 Å². The number of rotatable bonds is 4. The van der Waals surface area contributed by atoms with Crippen LogP contribution in [0.15, 0.2) is 22.9 Å². The van der Waals surface area contributed by atoms with Crippen molar-refractivity contribution in [1.82, 2.24) is 30.1 Å². The molecule has 0 spiro atoms. The van der Waals surface area contributed by atoms with Crippen LogP contribution >= 0.6 is 86.9 Å². The number of aromatic amines is 1. The SMILES string of the molecule is CC#Cc1nc(-c2cnn(CCC)c2N)n[nH]1.Cc1noc2cc(F)c(N3CCCCC3)cc12.Cl.II.I[I-]I. The number of nitrogens with two attached hydrogens (primary N) is 1. The number of nitrogen functional groups attached to an aromatic ring is 1. The number of halogens is 7. The summed E-state index contributed by atoms with van der Waals surface area (Å²) in [4.78, 5) is 6.35. The van der Waals surface area contributed by atoms with Gasteiger partial charge in [-0.3, -0.25) is 5.10 Å². The molecule has 1 fully saturated rings. The molecule has 4 aromatic rings. The van der Waals surface area contributed by atoms with Crippen LogP contribution in [0.25, 0.3) is 22.4 Å². The van der Waals surface area contributed by atoms with Crippen molar-refractivity contribution >= 4 is 109 Å². The van der Waals surface area contributed by atoms with Crippen LogP contribution < -0.4 is 23.9 Å². The van der Waals surface area contributed by atoms with Gasteiger partial charge in [-0.25, -0.2) is 9.07 Å². The predicted molar refractivity (Wildman–Crippen MR) is 193 cm³/mol. The van der Waals surface area contributed by atoms with Crippen molar-refractivity contribution in [2.24, 2.45) is 0 Å². The molecule has 16 heteroatoms. The van der Waals surface area contributed by atoms with E-state index in [1.165, 1.54) is 12.5 Å². The van der Waals surface area contributed by atoms with Gasteiger partial charge in [0.15, 0.2) is 11.4 Å². The van der Waals surface area contributed by atoms with Gasteiger partial charge >= 0.3 is 50.5 Å². The van der Waals surface area contributed by atoms with E-state index in [2.05, 4.69) is 124 Å². The summed E-state index contributed by atoms with van der Waals surface area (Å²) in [6.07, 6.45) is 6.18. The molecule has 0 bridgehead atoms. The number of nitrogens with one attached hydrogen (secondary N) is 1. The first kappa shape index (κ1) is 38.1. The van der Waals surface area contributed by atoms with Gasteiger partial charge in [-0.15, -0.1) is 12.4 Å². The number of nitrogens with zero attached hydrogens (tertiary/aromatic N) is 6. The number of benzene rings is 1. The van der Waals surface area contributed by atoms with Crippen molar-refractivity contribution in [2.45, 2.75) is 53.0 Å².